The Labute approximate surface area is 81.7 Å². The van der Waals surface area contributed by atoms with E-state index in [1.807, 2.05) is 25.5 Å². The average molecular weight is 203 g/mol. The molecule has 0 radical (unpaired) electrons. The molecule has 76 valence electrons. The summed E-state index contributed by atoms with van der Waals surface area (Å²) in [6, 6.07) is 0.365. The van der Waals surface area contributed by atoms with Gasteiger partial charge in [0.2, 0.25) is 5.91 Å². The van der Waals surface area contributed by atoms with E-state index in [0.717, 1.165) is 6.42 Å². The van der Waals surface area contributed by atoms with Crippen LogP contribution in [-0.4, -0.2) is 36.7 Å². The molecule has 0 N–H and O–H groups in total. The number of nitrogens with zero attached hydrogens (tertiary/aromatic N) is 1. The lowest BCUT2D eigenvalue weighted by Gasteiger charge is -2.17. The summed E-state index contributed by atoms with van der Waals surface area (Å²) < 4.78 is 5.47. The molecule has 1 aliphatic rings. The third-order valence-corrected chi connectivity index (χ3v) is 3.40. The van der Waals surface area contributed by atoms with Gasteiger partial charge in [0.05, 0.1) is 12.0 Å². The minimum atomic E-state index is 0.0724. The second-order valence-corrected chi connectivity index (χ2v) is 4.31. The van der Waals surface area contributed by atoms with Gasteiger partial charge in [-0.1, -0.05) is 0 Å². The van der Waals surface area contributed by atoms with Crippen LogP contribution in [0.25, 0.3) is 0 Å². The maximum Gasteiger partial charge on any atom is 0.228 e. The quantitative estimate of drug-likeness (QED) is 0.650. The van der Waals surface area contributed by atoms with Gasteiger partial charge in [-0.2, -0.15) is 0 Å². The van der Waals surface area contributed by atoms with Crippen molar-refractivity contribution in [1.29, 1.82) is 0 Å². The Balaban J connectivity index is 2.57. The van der Waals surface area contributed by atoms with Gasteiger partial charge >= 0.3 is 0 Å². The van der Waals surface area contributed by atoms with Crippen LogP contribution in [0.4, 0.5) is 0 Å². The van der Waals surface area contributed by atoms with Crippen molar-refractivity contribution in [2.24, 2.45) is 5.92 Å². The molecule has 13 heavy (non-hydrogen) atoms. The minimum absolute atomic E-state index is 0.0724. The zero-order valence-electron chi connectivity index (χ0n) is 8.70. The van der Waals surface area contributed by atoms with Crippen LogP contribution in [0.3, 0.4) is 0 Å². The van der Waals surface area contributed by atoms with Gasteiger partial charge < -0.3 is 9.42 Å². The first-order valence-corrected chi connectivity index (χ1v) is 6.07. The van der Waals surface area contributed by atoms with Gasteiger partial charge in [0.15, 0.2) is 0 Å². The molecule has 4 heteroatoms. The molecule has 0 saturated carbocycles. The number of carbonyl (C=O) groups is 1. The second-order valence-electron chi connectivity index (χ2n) is 3.67. The van der Waals surface area contributed by atoms with Crippen molar-refractivity contribution in [2.45, 2.75) is 32.4 Å². The van der Waals surface area contributed by atoms with Crippen molar-refractivity contribution in [3.8, 4) is 0 Å². The Kier molecular flexibility index (Phi) is 3.69. The molecule has 0 aliphatic carbocycles. The van der Waals surface area contributed by atoms with E-state index < -0.39 is 0 Å². The lowest BCUT2D eigenvalue weighted by molar-refractivity contribution is -0.132. The van der Waals surface area contributed by atoms with E-state index in [2.05, 4.69) is 6.92 Å². The summed E-state index contributed by atoms with van der Waals surface area (Å²) >= 11 is 0. The van der Waals surface area contributed by atoms with Crippen LogP contribution in [0.5, 0.6) is 0 Å². The predicted molar refractivity (Wildman–Crippen MR) is 55.1 cm³/mol. The van der Waals surface area contributed by atoms with Crippen molar-refractivity contribution in [3.05, 3.63) is 0 Å². The molecule has 0 aromatic carbocycles. The maximum atomic E-state index is 11.7. The summed E-state index contributed by atoms with van der Waals surface area (Å²) in [5, 5.41) is 0. The first-order chi connectivity index (χ1) is 6.07. The van der Waals surface area contributed by atoms with Crippen LogP contribution in [0.1, 0.15) is 20.3 Å². The van der Waals surface area contributed by atoms with E-state index >= 15 is 0 Å². The molecule has 0 aromatic heterocycles. The van der Waals surface area contributed by atoms with Crippen LogP contribution in [0.2, 0.25) is 0 Å². The van der Waals surface area contributed by atoms with Gasteiger partial charge in [0, 0.05) is 21.9 Å². The van der Waals surface area contributed by atoms with Crippen LogP contribution < -0.4 is 0 Å². The van der Waals surface area contributed by atoms with Crippen LogP contribution >= 0.6 is 8.81 Å². The van der Waals surface area contributed by atoms with Crippen LogP contribution in [0.15, 0.2) is 0 Å². The predicted octanol–water partition coefficient (Wildman–Crippen LogP) is 1.48. The van der Waals surface area contributed by atoms with Gasteiger partial charge in [0.25, 0.3) is 0 Å². The first kappa shape index (κ1) is 10.9. The minimum Gasteiger partial charge on any atom is -0.359 e. The molecule has 4 atom stereocenters. The molecule has 0 spiro atoms. The number of hydrogen-bond donors (Lipinski definition) is 0. The van der Waals surface area contributed by atoms with E-state index in [0.29, 0.717) is 14.8 Å². The number of hydrogen-bond acceptors (Lipinski definition) is 2. The number of amides is 1. The molecule has 1 rings (SSSR count). The first-order valence-electron chi connectivity index (χ1n) is 4.67. The number of rotatable bonds is 3. The highest BCUT2D eigenvalue weighted by molar-refractivity contribution is 7.31. The Morgan fingerprint density at radius 1 is 1.69 bits per heavy atom. The summed E-state index contributed by atoms with van der Waals surface area (Å²) in [7, 11) is 2.34. The molecular formula is C9H18NO2P. The highest BCUT2D eigenvalue weighted by atomic mass is 31.1. The van der Waals surface area contributed by atoms with Crippen LogP contribution in [-0.2, 0) is 9.32 Å². The van der Waals surface area contributed by atoms with Crippen molar-refractivity contribution >= 4 is 14.7 Å². The molecule has 0 aromatic rings. The second kappa shape index (κ2) is 4.39. The lowest BCUT2D eigenvalue weighted by Crippen LogP contribution is -2.30. The third kappa shape index (κ3) is 2.21. The fourth-order valence-corrected chi connectivity index (χ4v) is 2.30. The molecule has 1 saturated heterocycles. The topological polar surface area (TPSA) is 29.5 Å². The van der Waals surface area contributed by atoms with E-state index in [-0.39, 0.29) is 17.9 Å². The smallest absolute Gasteiger partial charge is 0.228 e. The van der Waals surface area contributed by atoms with E-state index in [4.69, 9.17) is 4.52 Å². The van der Waals surface area contributed by atoms with E-state index in [1.165, 1.54) is 0 Å². The third-order valence-electron chi connectivity index (χ3n) is 2.79. The van der Waals surface area contributed by atoms with E-state index in [1.54, 1.807) is 0 Å². The molecule has 1 amide bonds. The average Bonchev–Trinajstić information content (AvgIpc) is 2.33. The highest BCUT2D eigenvalue weighted by Crippen LogP contribution is 2.29. The monoisotopic (exact) mass is 203 g/mol. The van der Waals surface area contributed by atoms with Crippen molar-refractivity contribution in [2.75, 3.05) is 13.7 Å². The van der Waals surface area contributed by atoms with Gasteiger partial charge in [-0.05, 0) is 26.9 Å². The van der Waals surface area contributed by atoms with Crippen molar-refractivity contribution < 1.29 is 9.32 Å². The zero-order valence-corrected chi connectivity index (χ0v) is 9.70. The van der Waals surface area contributed by atoms with Gasteiger partial charge in [0.1, 0.15) is 0 Å². The standard InChI is InChI=1S/C9H18NO2P/c1-6-5-8(7(2)12-13-4)9(11)10(6)3/h6-8,13H,5H2,1-4H3. The fourth-order valence-electron chi connectivity index (χ4n) is 1.77. The van der Waals surface area contributed by atoms with Crippen molar-refractivity contribution in [1.82, 2.24) is 4.90 Å². The van der Waals surface area contributed by atoms with Crippen LogP contribution in [0, 0.1) is 5.92 Å². The molecule has 3 nitrogen and oxygen atoms in total. The Morgan fingerprint density at radius 3 is 2.69 bits per heavy atom. The summed E-state index contributed by atoms with van der Waals surface area (Å²) in [6.07, 6.45) is 1.00. The Morgan fingerprint density at radius 2 is 2.31 bits per heavy atom. The normalized spacial score (nSPS) is 32.0. The molecule has 1 heterocycles. The lowest BCUT2D eigenvalue weighted by atomic mass is 10.0. The molecule has 4 unspecified atom stereocenters. The van der Waals surface area contributed by atoms with Gasteiger partial charge in [-0.15, -0.1) is 0 Å². The van der Waals surface area contributed by atoms with Gasteiger partial charge in [-0.3, -0.25) is 4.79 Å². The largest absolute Gasteiger partial charge is 0.359 e. The SMILES string of the molecule is CPOC(C)C1CC(C)N(C)C1=O. The highest BCUT2D eigenvalue weighted by Gasteiger charge is 2.38. The molecular weight excluding hydrogens is 185 g/mol. The summed E-state index contributed by atoms with van der Waals surface area (Å²) in [5.41, 5.74) is 0. The zero-order chi connectivity index (χ0) is 10.0. The number of likely N-dealkylation sites (tertiary alicyclic amines) is 1. The van der Waals surface area contributed by atoms with E-state index in [9.17, 15) is 4.79 Å². The molecule has 1 aliphatic heterocycles. The fraction of sp³-hybridized carbons (Fsp3) is 0.889. The number of carbonyl (C=O) groups excluding carboxylic acids is 1. The molecule has 0 bridgehead atoms. The summed E-state index contributed by atoms with van der Waals surface area (Å²) in [5.74, 6) is 0.311. The Bertz CT molecular complexity index is 198. The maximum absolute atomic E-state index is 11.7. The summed E-state index contributed by atoms with van der Waals surface area (Å²) in [4.78, 5) is 13.5. The van der Waals surface area contributed by atoms with Gasteiger partial charge in [-0.25, -0.2) is 0 Å². The summed E-state index contributed by atoms with van der Waals surface area (Å²) in [6.45, 7) is 6.06. The van der Waals surface area contributed by atoms with Crippen molar-refractivity contribution in [3.63, 3.8) is 0 Å². The molecule has 1 fully saturated rings. The Hall–Kier alpha value is -0.140.